The molecule has 2 N–H and O–H groups in total. The summed E-state index contributed by atoms with van der Waals surface area (Å²) in [5, 5.41) is 4.50. The highest BCUT2D eigenvalue weighted by atomic mass is 16.6. The number of rotatable bonds is 8. The molecule has 0 atom stereocenters. The molecule has 0 bridgehead atoms. The molecule has 11 heteroatoms. The molecule has 0 heterocycles. The van der Waals surface area contributed by atoms with Gasteiger partial charge in [-0.1, -0.05) is 0 Å². The van der Waals surface area contributed by atoms with Crippen LogP contribution in [-0.4, -0.2) is 73.8 Å². The van der Waals surface area contributed by atoms with Gasteiger partial charge in [-0.25, -0.2) is 4.79 Å². The Morgan fingerprint density at radius 3 is 2.12 bits per heavy atom. The van der Waals surface area contributed by atoms with Gasteiger partial charge in [0.1, 0.15) is 18.7 Å². The first-order chi connectivity index (χ1) is 11.9. The largest absolute Gasteiger partial charge is 0.468 e. The molecule has 0 aromatic rings. The highest BCUT2D eigenvalue weighted by Crippen LogP contribution is 2.06. The van der Waals surface area contributed by atoms with E-state index in [0.29, 0.717) is 0 Å². The molecule has 0 spiro atoms. The summed E-state index contributed by atoms with van der Waals surface area (Å²) in [6.07, 6.45) is -0.777. The summed E-state index contributed by atoms with van der Waals surface area (Å²) in [7, 11) is 1.14. The summed E-state index contributed by atoms with van der Waals surface area (Å²) in [4.78, 5) is 58.2. The van der Waals surface area contributed by atoms with Gasteiger partial charge in [0.15, 0.2) is 6.73 Å². The van der Waals surface area contributed by atoms with Gasteiger partial charge in [0.2, 0.25) is 11.8 Å². The summed E-state index contributed by atoms with van der Waals surface area (Å²) in [5.74, 6) is -2.68. The molecule has 0 aliphatic rings. The molecule has 0 aromatic carbocycles. The molecule has 0 aliphatic heterocycles. The first-order valence-electron chi connectivity index (χ1n) is 7.66. The summed E-state index contributed by atoms with van der Waals surface area (Å²) in [6, 6.07) is 0. The molecule has 0 saturated heterocycles. The maximum absolute atomic E-state index is 12.0. The first-order valence-corrected chi connectivity index (χ1v) is 7.66. The Morgan fingerprint density at radius 1 is 1.00 bits per heavy atom. The molecule has 0 saturated carbocycles. The van der Waals surface area contributed by atoms with Crippen LogP contribution in [0.2, 0.25) is 0 Å². The minimum Gasteiger partial charge on any atom is -0.468 e. The fourth-order valence-electron chi connectivity index (χ4n) is 1.41. The number of alkyl carbamates (subject to hydrolysis) is 1. The van der Waals surface area contributed by atoms with Crippen molar-refractivity contribution in [3.05, 3.63) is 0 Å². The zero-order valence-corrected chi connectivity index (χ0v) is 15.5. The molecular weight excluding hydrogens is 350 g/mol. The number of hydrogen-bond donors (Lipinski definition) is 2. The Morgan fingerprint density at radius 2 is 1.62 bits per heavy atom. The van der Waals surface area contributed by atoms with Crippen molar-refractivity contribution in [2.24, 2.45) is 0 Å². The van der Waals surface area contributed by atoms with Gasteiger partial charge in [-0.05, 0) is 20.8 Å². The average Bonchev–Trinajstić information content (AvgIpc) is 2.52. The fourth-order valence-corrected chi connectivity index (χ4v) is 1.41. The molecule has 0 rings (SSSR count). The van der Waals surface area contributed by atoms with Gasteiger partial charge in [0, 0.05) is 6.92 Å². The Kier molecular flexibility index (Phi) is 9.71. The normalized spacial score (nSPS) is 10.3. The Balaban J connectivity index is 4.42. The summed E-state index contributed by atoms with van der Waals surface area (Å²) >= 11 is 0. The van der Waals surface area contributed by atoms with Crippen LogP contribution in [0.25, 0.3) is 0 Å². The minimum absolute atomic E-state index is 0.400. The van der Waals surface area contributed by atoms with Gasteiger partial charge in [-0.3, -0.25) is 24.1 Å². The van der Waals surface area contributed by atoms with Crippen molar-refractivity contribution in [1.82, 2.24) is 15.5 Å². The third-order valence-corrected chi connectivity index (χ3v) is 2.55. The summed E-state index contributed by atoms with van der Waals surface area (Å²) in [5.41, 5.74) is -0.707. The second kappa shape index (κ2) is 10.9. The average molecular weight is 375 g/mol. The molecule has 3 amide bonds. The summed E-state index contributed by atoms with van der Waals surface area (Å²) in [6.45, 7) is 4.38. The number of esters is 2. The van der Waals surface area contributed by atoms with E-state index in [4.69, 9.17) is 4.74 Å². The molecule has 0 unspecified atom stereocenters. The molecule has 26 heavy (non-hydrogen) atoms. The van der Waals surface area contributed by atoms with Crippen molar-refractivity contribution in [2.75, 3.05) is 33.5 Å². The second-order valence-electron chi connectivity index (χ2n) is 6.07. The van der Waals surface area contributed by atoms with Crippen LogP contribution < -0.4 is 10.6 Å². The van der Waals surface area contributed by atoms with Gasteiger partial charge < -0.3 is 24.8 Å². The monoisotopic (exact) mass is 375 g/mol. The Hall–Kier alpha value is -2.85. The van der Waals surface area contributed by atoms with E-state index in [1.165, 1.54) is 0 Å². The van der Waals surface area contributed by atoms with E-state index in [1.807, 2.05) is 0 Å². The van der Waals surface area contributed by atoms with Crippen LogP contribution in [0.15, 0.2) is 0 Å². The van der Waals surface area contributed by atoms with Gasteiger partial charge in [0.25, 0.3) is 0 Å². The number of nitrogens with one attached hydrogen (secondary N) is 2. The number of ether oxygens (including phenoxy) is 3. The number of methoxy groups -OCH3 is 1. The molecule has 11 nitrogen and oxygen atoms in total. The highest BCUT2D eigenvalue weighted by Gasteiger charge is 2.20. The van der Waals surface area contributed by atoms with E-state index in [1.54, 1.807) is 20.8 Å². The predicted octanol–water partition coefficient (Wildman–Crippen LogP) is -0.850. The third-order valence-electron chi connectivity index (χ3n) is 2.55. The van der Waals surface area contributed by atoms with E-state index in [0.717, 1.165) is 18.9 Å². The van der Waals surface area contributed by atoms with E-state index in [-0.39, 0.29) is 0 Å². The van der Waals surface area contributed by atoms with Gasteiger partial charge in [-0.15, -0.1) is 0 Å². The molecule has 0 aliphatic carbocycles. The van der Waals surface area contributed by atoms with E-state index >= 15 is 0 Å². The third kappa shape index (κ3) is 11.6. The number of carbonyl (C=O) groups excluding carboxylic acids is 5. The van der Waals surface area contributed by atoms with Crippen molar-refractivity contribution in [2.45, 2.75) is 33.3 Å². The number of nitrogens with zero attached hydrogens (tertiary/aromatic N) is 1. The maximum atomic E-state index is 12.0. The van der Waals surface area contributed by atoms with Crippen molar-refractivity contribution < 1.29 is 38.2 Å². The van der Waals surface area contributed by atoms with E-state index in [2.05, 4.69) is 20.1 Å². The lowest BCUT2D eigenvalue weighted by Crippen LogP contribution is -2.46. The van der Waals surface area contributed by atoms with E-state index in [9.17, 15) is 24.0 Å². The fraction of sp³-hybridized carbons (Fsp3) is 0.667. The van der Waals surface area contributed by atoms with Gasteiger partial charge >= 0.3 is 18.0 Å². The van der Waals surface area contributed by atoms with Crippen molar-refractivity contribution in [1.29, 1.82) is 0 Å². The zero-order chi connectivity index (χ0) is 20.3. The smallest absolute Gasteiger partial charge is 0.408 e. The molecular formula is C15H25N3O8. The van der Waals surface area contributed by atoms with Crippen LogP contribution in [0, 0.1) is 0 Å². The van der Waals surface area contributed by atoms with Crippen LogP contribution in [-0.2, 0) is 33.4 Å². The lowest BCUT2D eigenvalue weighted by Gasteiger charge is -2.21. The Labute approximate surface area is 151 Å². The molecule has 0 fully saturated rings. The topological polar surface area (TPSA) is 140 Å². The standard InChI is InChI=1S/C15H25N3O8/c1-10(19)25-9-18(8-13(22)24-5)12(21)7-16-11(20)6-17-14(23)26-15(2,3)4/h6-9H2,1-5H3,(H,16,20)(H,17,23). The van der Waals surface area contributed by atoms with E-state index < -0.39 is 61.8 Å². The van der Waals surface area contributed by atoms with Crippen molar-refractivity contribution in [3.8, 4) is 0 Å². The predicted molar refractivity (Wildman–Crippen MR) is 87.6 cm³/mol. The highest BCUT2D eigenvalue weighted by molar-refractivity contribution is 5.88. The maximum Gasteiger partial charge on any atom is 0.408 e. The molecule has 0 aromatic heterocycles. The second-order valence-corrected chi connectivity index (χ2v) is 6.07. The quantitative estimate of drug-likeness (QED) is 0.318. The van der Waals surface area contributed by atoms with Crippen LogP contribution >= 0.6 is 0 Å². The van der Waals surface area contributed by atoms with Gasteiger partial charge in [-0.2, -0.15) is 0 Å². The molecule has 0 radical (unpaired) electrons. The SMILES string of the molecule is COC(=O)CN(COC(C)=O)C(=O)CNC(=O)CNC(=O)OC(C)(C)C. The van der Waals surface area contributed by atoms with Crippen molar-refractivity contribution in [3.63, 3.8) is 0 Å². The number of amides is 3. The zero-order valence-electron chi connectivity index (χ0n) is 15.5. The number of hydrogen-bond acceptors (Lipinski definition) is 8. The first kappa shape index (κ1) is 23.1. The van der Waals surface area contributed by atoms with Crippen LogP contribution in [0.5, 0.6) is 0 Å². The number of carbonyl (C=O) groups is 5. The Bertz CT molecular complexity index is 541. The lowest BCUT2D eigenvalue weighted by molar-refractivity contribution is -0.157. The molecule has 148 valence electrons. The van der Waals surface area contributed by atoms with Crippen LogP contribution in [0.3, 0.4) is 0 Å². The van der Waals surface area contributed by atoms with Crippen LogP contribution in [0.4, 0.5) is 4.79 Å². The summed E-state index contributed by atoms with van der Waals surface area (Å²) < 4.78 is 14.1. The minimum atomic E-state index is -0.777. The lowest BCUT2D eigenvalue weighted by atomic mass is 10.2. The van der Waals surface area contributed by atoms with Gasteiger partial charge in [0.05, 0.1) is 13.7 Å². The van der Waals surface area contributed by atoms with Crippen LogP contribution in [0.1, 0.15) is 27.7 Å². The van der Waals surface area contributed by atoms with Crippen molar-refractivity contribution >= 4 is 29.8 Å².